The van der Waals surface area contributed by atoms with Crippen molar-refractivity contribution in [3.8, 4) is 0 Å². The smallest absolute Gasteiger partial charge is 0.274 e. The van der Waals surface area contributed by atoms with Crippen LogP contribution in [0.1, 0.15) is 10.5 Å². The maximum atomic E-state index is 12.6. The Hall–Kier alpha value is -2.48. The summed E-state index contributed by atoms with van der Waals surface area (Å²) < 4.78 is 7.63. The topological polar surface area (TPSA) is 76.4 Å². The number of hydrogen-bond donors (Lipinski definition) is 0. The Morgan fingerprint density at radius 2 is 2.09 bits per heavy atom. The average Bonchev–Trinajstić information content (AvgIpc) is 3.20. The van der Waals surface area contributed by atoms with Crippen LogP contribution in [0, 0.1) is 0 Å². The lowest BCUT2D eigenvalue weighted by atomic mass is 10.1. The van der Waals surface area contributed by atoms with Crippen LogP contribution in [0.5, 0.6) is 0 Å². The lowest BCUT2D eigenvalue weighted by Crippen LogP contribution is -2.51. The first-order valence-electron chi connectivity index (χ1n) is 7.65. The molecule has 2 aliphatic rings. The third-order valence-corrected chi connectivity index (χ3v) is 4.32. The first-order chi connectivity index (χ1) is 11.2. The molecule has 1 amide bonds. The fourth-order valence-corrected chi connectivity index (χ4v) is 3.23. The number of morpholine rings is 1. The molecule has 0 unspecified atom stereocenters. The molecule has 4 rings (SSSR count). The van der Waals surface area contributed by atoms with Gasteiger partial charge in [-0.1, -0.05) is 0 Å². The molecule has 2 atom stereocenters. The van der Waals surface area contributed by atoms with Crippen LogP contribution in [-0.4, -0.2) is 68.7 Å². The van der Waals surface area contributed by atoms with Crippen molar-refractivity contribution < 1.29 is 9.53 Å². The number of fused-ring (bicyclic) bond motifs is 1. The molecule has 2 aromatic heterocycles. The van der Waals surface area contributed by atoms with Gasteiger partial charge in [-0.05, 0) is 6.07 Å². The minimum Gasteiger partial charge on any atom is -0.372 e. The first kappa shape index (κ1) is 14.1. The summed E-state index contributed by atoms with van der Waals surface area (Å²) in [5.41, 5.74) is 0.466. The summed E-state index contributed by atoms with van der Waals surface area (Å²) in [5, 5.41) is 0. The molecule has 2 saturated heterocycles. The maximum absolute atomic E-state index is 12.6. The van der Waals surface area contributed by atoms with Gasteiger partial charge < -0.3 is 19.1 Å². The molecule has 8 heteroatoms. The van der Waals surface area contributed by atoms with Gasteiger partial charge in [0.25, 0.3) is 5.91 Å². The van der Waals surface area contributed by atoms with E-state index in [1.165, 1.54) is 0 Å². The number of likely N-dealkylation sites (tertiary alicyclic amines) is 1. The number of amides is 1. The second-order valence-electron chi connectivity index (χ2n) is 5.85. The van der Waals surface area contributed by atoms with E-state index in [2.05, 4.69) is 19.9 Å². The number of rotatable bonds is 2. The van der Waals surface area contributed by atoms with Crippen molar-refractivity contribution in [3.63, 3.8) is 0 Å². The molecule has 120 valence electrons. The molecule has 0 saturated carbocycles. The van der Waals surface area contributed by atoms with Crippen LogP contribution in [0.3, 0.4) is 0 Å². The van der Waals surface area contributed by atoms with Gasteiger partial charge >= 0.3 is 0 Å². The van der Waals surface area contributed by atoms with Crippen molar-refractivity contribution >= 4 is 11.9 Å². The van der Waals surface area contributed by atoms with E-state index in [1.54, 1.807) is 40.5 Å². The highest BCUT2D eigenvalue weighted by atomic mass is 16.5. The second kappa shape index (κ2) is 5.62. The summed E-state index contributed by atoms with van der Waals surface area (Å²) in [6.07, 6.45) is 6.83. The minimum absolute atomic E-state index is 0.0137. The van der Waals surface area contributed by atoms with Crippen LogP contribution in [-0.2, 0) is 11.8 Å². The largest absolute Gasteiger partial charge is 0.372 e. The van der Waals surface area contributed by atoms with Crippen molar-refractivity contribution in [2.24, 2.45) is 7.05 Å². The number of anilines is 1. The predicted octanol–water partition coefficient (Wildman–Crippen LogP) is -0.0601. The van der Waals surface area contributed by atoms with E-state index in [4.69, 9.17) is 4.74 Å². The average molecular weight is 314 g/mol. The van der Waals surface area contributed by atoms with Crippen LogP contribution in [0.25, 0.3) is 0 Å². The van der Waals surface area contributed by atoms with Crippen LogP contribution < -0.4 is 4.90 Å². The zero-order valence-electron chi connectivity index (χ0n) is 12.9. The van der Waals surface area contributed by atoms with Crippen molar-refractivity contribution in [1.29, 1.82) is 0 Å². The van der Waals surface area contributed by atoms with Gasteiger partial charge in [-0.2, -0.15) is 0 Å². The van der Waals surface area contributed by atoms with Gasteiger partial charge in [0.05, 0.1) is 25.1 Å². The lowest BCUT2D eigenvalue weighted by molar-refractivity contribution is 0.0296. The Bertz CT molecular complexity index is 703. The minimum atomic E-state index is -0.0578. The molecule has 23 heavy (non-hydrogen) atoms. The van der Waals surface area contributed by atoms with Crippen molar-refractivity contribution in [3.05, 3.63) is 36.7 Å². The highest BCUT2D eigenvalue weighted by Crippen LogP contribution is 2.26. The number of nitrogens with zero attached hydrogens (tertiary/aromatic N) is 6. The SMILES string of the molecule is Cn1cnc(C(=O)N2C[C@@H]3OCCN(c4ncccn4)[C@H]3C2)c1. The third kappa shape index (κ3) is 2.55. The van der Waals surface area contributed by atoms with Crippen LogP contribution in [0.15, 0.2) is 31.0 Å². The van der Waals surface area contributed by atoms with E-state index >= 15 is 0 Å². The number of ether oxygens (including phenoxy) is 1. The van der Waals surface area contributed by atoms with Crippen LogP contribution >= 0.6 is 0 Å². The number of aromatic nitrogens is 4. The number of imidazole rings is 1. The van der Waals surface area contributed by atoms with Gasteiger partial charge in [-0.15, -0.1) is 0 Å². The second-order valence-corrected chi connectivity index (χ2v) is 5.85. The van der Waals surface area contributed by atoms with Crippen molar-refractivity contribution in [2.75, 3.05) is 31.1 Å². The zero-order chi connectivity index (χ0) is 15.8. The van der Waals surface area contributed by atoms with Gasteiger partial charge in [-0.3, -0.25) is 4.79 Å². The van der Waals surface area contributed by atoms with Crippen molar-refractivity contribution in [1.82, 2.24) is 24.4 Å². The number of carbonyl (C=O) groups is 1. The number of hydrogen-bond acceptors (Lipinski definition) is 6. The molecule has 2 fully saturated rings. The van der Waals surface area contributed by atoms with E-state index in [9.17, 15) is 4.79 Å². The molecule has 0 N–H and O–H groups in total. The van der Waals surface area contributed by atoms with Gasteiger partial charge in [0, 0.05) is 45.3 Å². The van der Waals surface area contributed by atoms with E-state index in [0.717, 1.165) is 6.54 Å². The Labute approximate surface area is 133 Å². The fraction of sp³-hybridized carbons (Fsp3) is 0.467. The predicted molar refractivity (Wildman–Crippen MR) is 82.0 cm³/mol. The molecule has 0 aliphatic carbocycles. The molecule has 0 spiro atoms. The summed E-state index contributed by atoms with van der Waals surface area (Å²) >= 11 is 0. The van der Waals surface area contributed by atoms with E-state index in [0.29, 0.717) is 31.3 Å². The summed E-state index contributed by atoms with van der Waals surface area (Å²) in [7, 11) is 1.85. The summed E-state index contributed by atoms with van der Waals surface area (Å²) in [4.78, 5) is 29.4. The number of carbonyl (C=O) groups excluding carboxylic acids is 1. The Kier molecular flexibility index (Phi) is 3.45. The van der Waals surface area contributed by atoms with E-state index < -0.39 is 0 Å². The monoisotopic (exact) mass is 314 g/mol. The zero-order valence-corrected chi connectivity index (χ0v) is 12.9. The highest BCUT2D eigenvalue weighted by molar-refractivity contribution is 5.92. The van der Waals surface area contributed by atoms with Crippen LogP contribution in [0.4, 0.5) is 5.95 Å². The maximum Gasteiger partial charge on any atom is 0.274 e. The van der Waals surface area contributed by atoms with Crippen molar-refractivity contribution in [2.45, 2.75) is 12.1 Å². The summed E-state index contributed by atoms with van der Waals surface area (Å²) in [5.74, 6) is 0.635. The Morgan fingerprint density at radius 3 is 2.83 bits per heavy atom. The van der Waals surface area contributed by atoms with E-state index in [-0.39, 0.29) is 18.1 Å². The number of aryl methyl sites for hydroxylation is 1. The Balaban J connectivity index is 1.54. The third-order valence-electron chi connectivity index (χ3n) is 4.32. The lowest BCUT2D eigenvalue weighted by Gasteiger charge is -2.36. The summed E-state index contributed by atoms with van der Waals surface area (Å²) in [6, 6.07) is 1.88. The van der Waals surface area contributed by atoms with E-state index in [1.807, 2.05) is 7.05 Å². The standard InChI is InChI=1S/C15H18N6O2/c1-19-7-11(18-10-19)14(22)20-8-12-13(9-20)23-6-5-21(12)15-16-3-2-4-17-15/h2-4,7,10,12-13H,5-6,8-9H2,1H3/t12-,13-/m0/s1. The first-order valence-corrected chi connectivity index (χ1v) is 7.65. The molecule has 2 aromatic rings. The quantitative estimate of drug-likeness (QED) is 0.773. The molecule has 0 bridgehead atoms. The van der Waals surface area contributed by atoms with Crippen LogP contribution in [0.2, 0.25) is 0 Å². The van der Waals surface area contributed by atoms with Gasteiger partial charge in [0.1, 0.15) is 5.69 Å². The molecule has 0 radical (unpaired) electrons. The molecular formula is C15H18N6O2. The normalized spacial score (nSPS) is 23.9. The molecular weight excluding hydrogens is 296 g/mol. The molecule has 4 heterocycles. The van der Waals surface area contributed by atoms with Gasteiger partial charge in [0.2, 0.25) is 5.95 Å². The van der Waals surface area contributed by atoms with Gasteiger partial charge in [-0.25, -0.2) is 15.0 Å². The summed E-state index contributed by atoms with van der Waals surface area (Å²) in [6.45, 7) is 2.52. The molecule has 2 aliphatic heterocycles. The van der Waals surface area contributed by atoms with Gasteiger partial charge in [0.15, 0.2) is 0 Å². The highest BCUT2D eigenvalue weighted by Gasteiger charge is 2.43. The Morgan fingerprint density at radius 1 is 1.26 bits per heavy atom. The molecule has 8 nitrogen and oxygen atoms in total. The fourth-order valence-electron chi connectivity index (χ4n) is 3.23. The molecule has 0 aromatic carbocycles.